The van der Waals surface area contributed by atoms with Crippen LogP contribution in [0.1, 0.15) is 5.56 Å². The monoisotopic (exact) mass is 333 g/mol. The summed E-state index contributed by atoms with van der Waals surface area (Å²) < 4.78 is 6.56. The van der Waals surface area contributed by atoms with Crippen LogP contribution in [0, 0.1) is 6.92 Å². The highest BCUT2D eigenvalue weighted by atomic mass is 16.5. The van der Waals surface area contributed by atoms with Crippen LogP contribution >= 0.6 is 0 Å². The van der Waals surface area contributed by atoms with Gasteiger partial charge >= 0.3 is 0 Å². The molecule has 6 rings (SSSR count). The first-order chi connectivity index (χ1) is 12.8. The highest BCUT2D eigenvalue weighted by Gasteiger charge is 2.25. The Morgan fingerprint density at radius 1 is 0.731 bits per heavy atom. The molecule has 2 nitrogen and oxygen atoms in total. The van der Waals surface area contributed by atoms with E-state index in [2.05, 4.69) is 73.7 Å². The van der Waals surface area contributed by atoms with Gasteiger partial charge in [0.25, 0.3) is 0 Å². The van der Waals surface area contributed by atoms with Crippen molar-refractivity contribution in [1.29, 1.82) is 0 Å². The van der Waals surface area contributed by atoms with E-state index < -0.39 is 0 Å². The Morgan fingerprint density at radius 2 is 1.46 bits per heavy atom. The summed E-state index contributed by atoms with van der Waals surface area (Å²) in [7, 11) is 0. The van der Waals surface area contributed by atoms with Gasteiger partial charge in [-0.3, -0.25) is 4.98 Å². The fourth-order valence-electron chi connectivity index (χ4n) is 4.20. The van der Waals surface area contributed by atoms with Crippen LogP contribution in [0.4, 0.5) is 0 Å². The minimum atomic E-state index is 0.923. The molecule has 1 aliphatic heterocycles. The smallest absolute Gasteiger partial charge is 0.145 e. The molecule has 0 amide bonds. The highest BCUT2D eigenvalue weighted by molar-refractivity contribution is 6.13. The summed E-state index contributed by atoms with van der Waals surface area (Å²) in [4.78, 5) is 4.75. The van der Waals surface area contributed by atoms with Crippen molar-refractivity contribution in [3.63, 3.8) is 0 Å². The van der Waals surface area contributed by atoms with Crippen molar-refractivity contribution in [3.05, 3.63) is 78.5 Å². The SMILES string of the molecule is Cc1c2c(cc3ccccc13)-c1nccc3cc4ccccc4c(c13)O2. The summed E-state index contributed by atoms with van der Waals surface area (Å²) in [6.07, 6.45) is 1.90. The molecule has 0 unspecified atom stereocenters. The summed E-state index contributed by atoms with van der Waals surface area (Å²) >= 11 is 0. The lowest BCUT2D eigenvalue weighted by atomic mass is 9.92. The number of nitrogens with zero attached hydrogens (tertiary/aromatic N) is 1. The van der Waals surface area contributed by atoms with Crippen molar-refractivity contribution in [1.82, 2.24) is 4.98 Å². The number of hydrogen-bond acceptors (Lipinski definition) is 2. The van der Waals surface area contributed by atoms with Gasteiger partial charge in [0.05, 0.1) is 11.1 Å². The molecule has 1 aromatic heterocycles. The minimum Gasteiger partial charge on any atom is -0.455 e. The summed E-state index contributed by atoms with van der Waals surface area (Å²) in [5, 5.41) is 7.03. The largest absolute Gasteiger partial charge is 0.455 e. The van der Waals surface area contributed by atoms with Crippen molar-refractivity contribution in [3.8, 4) is 22.8 Å². The van der Waals surface area contributed by atoms with Gasteiger partial charge in [-0.25, -0.2) is 0 Å². The Labute approximate surface area is 150 Å². The molecule has 2 heteroatoms. The van der Waals surface area contributed by atoms with Crippen molar-refractivity contribution in [2.45, 2.75) is 6.92 Å². The van der Waals surface area contributed by atoms with Crippen LogP contribution in [-0.4, -0.2) is 4.98 Å². The summed E-state index contributed by atoms with van der Waals surface area (Å²) in [6, 6.07) is 23.3. The van der Waals surface area contributed by atoms with Gasteiger partial charge in [0.15, 0.2) is 0 Å². The van der Waals surface area contributed by atoms with E-state index in [1.807, 2.05) is 6.20 Å². The van der Waals surface area contributed by atoms with E-state index in [1.54, 1.807) is 0 Å². The number of aromatic nitrogens is 1. The zero-order valence-corrected chi connectivity index (χ0v) is 14.3. The molecule has 1 aliphatic rings. The van der Waals surface area contributed by atoms with E-state index in [0.717, 1.165) is 39.1 Å². The summed E-state index contributed by atoms with van der Waals surface area (Å²) in [5.74, 6) is 1.85. The number of ether oxygens (including phenoxy) is 1. The molecular weight excluding hydrogens is 318 g/mol. The molecule has 0 atom stereocenters. The number of rotatable bonds is 0. The quantitative estimate of drug-likeness (QED) is 0.291. The molecule has 0 spiro atoms. The Balaban J connectivity index is 1.84. The molecule has 2 heterocycles. The third-order valence-corrected chi connectivity index (χ3v) is 5.44. The topological polar surface area (TPSA) is 22.1 Å². The Morgan fingerprint density at radius 3 is 2.31 bits per heavy atom. The Bertz CT molecular complexity index is 1370. The Hall–Kier alpha value is -3.39. The normalized spacial score (nSPS) is 12.3. The lowest BCUT2D eigenvalue weighted by molar-refractivity contribution is 0.489. The van der Waals surface area contributed by atoms with Gasteiger partial charge < -0.3 is 4.74 Å². The van der Waals surface area contributed by atoms with Gasteiger partial charge in [0, 0.05) is 22.7 Å². The van der Waals surface area contributed by atoms with Crippen LogP contribution in [0.5, 0.6) is 11.5 Å². The standard InChI is InChI=1S/C24H15NO/c1-14-18-8-4-2-7-16(18)13-20-22-21-17(10-11-25-22)12-15-6-3-5-9-19(15)24(21)26-23(14)20/h2-13H,1H3. The van der Waals surface area contributed by atoms with Gasteiger partial charge in [-0.15, -0.1) is 0 Å². The zero-order chi connectivity index (χ0) is 17.3. The van der Waals surface area contributed by atoms with Gasteiger partial charge in [0.1, 0.15) is 11.5 Å². The fourth-order valence-corrected chi connectivity index (χ4v) is 4.20. The molecule has 0 saturated heterocycles. The van der Waals surface area contributed by atoms with Crippen LogP contribution in [0.3, 0.4) is 0 Å². The predicted octanol–water partition coefficient (Wildman–Crippen LogP) is 6.62. The summed E-state index contributed by atoms with van der Waals surface area (Å²) in [5.41, 5.74) is 3.25. The number of pyridine rings is 1. The van der Waals surface area contributed by atoms with Crippen molar-refractivity contribution < 1.29 is 4.74 Å². The van der Waals surface area contributed by atoms with E-state index in [1.165, 1.54) is 21.5 Å². The molecular formula is C24H15NO. The average molecular weight is 333 g/mol. The fraction of sp³-hybridized carbons (Fsp3) is 0.0417. The average Bonchev–Trinajstić information content (AvgIpc) is 2.69. The van der Waals surface area contributed by atoms with Crippen LogP contribution in [0.25, 0.3) is 43.6 Å². The maximum atomic E-state index is 6.56. The number of fused-ring (bicyclic) bond motifs is 5. The molecule has 0 bridgehead atoms. The third-order valence-electron chi connectivity index (χ3n) is 5.44. The van der Waals surface area contributed by atoms with Crippen LogP contribution in [0.2, 0.25) is 0 Å². The molecule has 0 aliphatic carbocycles. The van der Waals surface area contributed by atoms with Crippen molar-refractivity contribution in [2.24, 2.45) is 0 Å². The molecule has 0 N–H and O–H groups in total. The molecule has 0 radical (unpaired) electrons. The van der Waals surface area contributed by atoms with Gasteiger partial charge in [-0.1, -0.05) is 48.5 Å². The lowest BCUT2D eigenvalue weighted by Gasteiger charge is -2.24. The molecule has 0 fully saturated rings. The van der Waals surface area contributed by atoms with E-state index in [9.17, 15) is 0 Å². The first kappa shape index (κ1) is 13.9. The molecule has 0 saturated carbocycles. The first-order valence-corrected chi connectivity index (χ1v) is 8.82. The van der Waals surface area contributed by atoms with E-state index in [4.69, 9.17) is 9.72 Å². The van der Waals surface area contributed by atoms with E-state index in [-0.39, 0.29) is 0 Å². The van der Waals surface area contributed by atoms with Crippen LogP contribution in [-0.2, 0) is 0 Å². The predicted molar refractivity (Wildman–Crippen MR) is 107 cm³/mol. The second kappa shape index (κ2) is 4.83. The third kappa shape index (κ3) is 1.68. The zero-order valence-electron chi connectivity index (χ0n) is 14.3. The van der Waals surface area contributed by atoms with E-state index >= 15 is 0 Å². The number of benzene rings is 4. The Kier molecular flexibility index (Phi) is 2.57. The van der Waals surface area contributed by atoms with Crippen LogP contribution < -0.4 is 4.74 Å². The lowest BCUT2D eigenvalue weighted by Crippen LogP contribution is -2.02. The summed E-state index contributed by atoms with van der Waals surface area (Å²) in [6.45, 7) is 2.14. The minimum absolute atomic E-state index is 0.923. The van der Waals surface area contributed by atoms with Gasteiger partial charge in [-0.2, -0.15) is 0 Å². The van der Waals surface area contributed by atoms with Crippen LogP contribution in [0.15, 0.2) is 72.9 Å². The number of aryl methyl sites for hydroxylation is 1. The first-order valence-electron chi connectivity index (χ1n) is 8.82. The maximum Gasteiger partial charge on any atom is 0.145 e. The molecule has 122 valence electrons. The van der Waals surface area contributed by atoms with E-state index in [0.29, 0.717) is 0 Å². The second-order valence-corrected chi connectivity index (χ2v) is 6.89. The van der Waals surface area contributed by atoms with Gasteiger partial charge in [-0.05, 0) is 46.7 Å². The molecule has 26 heavy (non-hydrogen) atoms. The van der Waals surface area contributed by atoms with Gasteiger partial charge in [0.2, 0.25) is 0 Å². The molecule has 4 aromatic carbocycles. The highest BCUT2D eigenvalue weighted by Crippen LogP contribution is 2.51. The van der Waals surface area contributed by atoms with Crippen molar-refractivity contribution in [2.75, 3.05) is 0 Å². The molecule has 5 aromatic rings. The second-order valence-electron chi connectivity index (χ2n) is 6.89. The van der Waals surface area contributed by atoms with Crippen molar-refractivity contribution >= 4 is 32.3 Å². The number of hydrogen-bond donors (Lipinski definition) is 0. The maximum absolute atomic E-state index is 6.56.